The van der Waals surface area contributed by atoms with Gasteiger partial charge in [0.05, 0.1) is 24.9 Å². The number of hydrogen-bond donors (Lipinski definition) is 2. The van der Waals surface area contributed by atoms with E-state index in [1.165, 1.54) is 14.2 Å². The molecule has 0 heterocycles. The molecule has 7 heteroatoms. The lowest BCUT2D eigenvalue weighted by Gasteiger charge is -2.13. The van der Waals surface area contributed by atoms with Crippen molar-refractivity contribution in [2.45, 2.75) is 6.42 Å². The molecule has 0 saturated heterocycles. The van der Waals surface area contributed by atoms with Gasteiger partial charge < -0.3 is 20.1 Å². The van der Waals surface area contributed by atoms with Crippen molar-refractivity contribution in [3.05, 3.63) is 65.2 Å². The van der Waals surface area contributed by atoms with Crippen LogP contribution in [0.1, 0.15) is 16.8 Å². The van der Waals surface area contributed by atoms with Gasteiger partial charge in [0.15, 0.2) is 0 Å². The summed E-state index contributed by atoms with van der Waals surface area (Å²) in [7, 11) is 2.99. The number of rotatable bonds is 7. The average Bonchev–Trinajstić information content (AvgIpc) is 2.73. The summed E-state index contributed by atoms with van der Waals surface area (Å²) in [6.07, 6.45) is 0.103. The lowest BCUT2D eigenvalue weighted by atomic mass is 10.1. The largest absolute Gasteiger partial charge is 0.495 e. The van der Waals surface area contributed by atoms with Crippen LogP contribution in [0.2, 0.25) is 5.02 Å². The maximum absolute atomic E-state index is 12.3. The van der Waals surface area contributed by atoms with E-state index in [4.69, 9.17) is 21.1 Å². The minimum absolute atomic E-state index is 0.103. The number of fused-ring (bicyclic) bond motifs is 1. The van der Waals surface area contributed by atoms with Crippen molar-refractivity contribution in [2.75, 3.05) is 26.1 Å². The Kier molecular flexibility index (Phi) is 6.57. The molecule has 0 radical (unpaired) electrons. The summed E-state index contributed by atoms with van der Waals surface area (Å²) in [5.74, 6) is 0.376. The van der Waals surface area contributed by atoms with E-state index in [2.05, 4.69) is 10.6 Å². The first-order chi connectivity index (χ1) is 14.0. The zero-order valence-corrected chi connectivity index (χ0v) is 16.9. The Balaban J connectivity index is 1.56. The first-order valence-electron chi connectivity index (χ1n) is 9.00. The molecular weight excluding hydrogens is 392 g/mol. The van der Waals surface area contributed by atoms with Gasteiger partial charge in [-0.1, -0.05) is 41.9 Å². The van der Waals surface area contributed by atoms with Crippen LogP contribution >= 0.6 is 11.6 Å². The minimum atomic E-state index is -0.275. The van der Waals surface area contributed by atoms with Gasteiger partial charge in [0.25, 0.3) is 5.91 Å². The van der Waals surface area contributed by atoms with Crippen LogP contribution < -0.4 is 20.1 Å². The molecule has 0 bridgehead atoms. The fourth-order valence-electron chi connectivity index (χ4n) is 2.89. The third kappa shape index (κ3) is 4.97. The SMILES string of the molecule is COc1cc(OC)c(NC(=O)CCNC(=O)c2ccc3ccccc3c2)cc1Cl. The molecule has 0 spiro atoms. The van der Waals surface area contributed by atoms with E-state index in [1.54, 1.807) is 18.2 Å². The molecule has 0 aliphatic heterocycles. The van der Waals surface area contributed by atoms with E-state index in [0.29, 0.717) is 27.8 Å². The number of amides is 2. The highest BCUT2D eigenvalue weighted by Crippen LogP contribution is 2.35. The second-order valence-electron chi connectivity index (χ2n) is 6.30. The number of anilines is 1. The first-order valence-corrected chi connectivity index (χ1v) is 9.38. The van der Waals surface area contributed by atoms with Crippen molar-refractivity contribution in [2.24, 2.45) is 0 Å². The zero-order valence-electron chi connectivity index (χ0n) is 16.1. The topological polar surface area (TPSA) is 76.7 Å². The van der Waals surface area contributed by atoms with Crippen molar-refractivity contribution in [3.63, 3.8) is 0 Å². The number of carbonyl (C=O) groups excluding carboxylic acids is 2. The molecule has 150 valence electrons. The number of methoxy groups -OCH3 is 2. The molecule has 0 aromatic heterocycles. The maximum Gasteiger partial charge on any atom is 0.251 e. The number of benzene rings is 3. The van der Waals surface area contributed by atoms with Crippen molar-refractivity contribution in [1.82, 2.24) is 5.32 Å². The van der Waals surface area contributed by atoms with E-state index < -0.39 is 0 Å². The van der Waals surface area contributed by atoms with E-state index in [-0.39, 0.29) is 24.8 Å². The van der Waals surface area contributed by atoms with Gasteiger partial charge in [-0.3, -0.25) is 9.59 Å². The molecule has 29 heavy (non-hydrogen) atoms. The van der Waals surface area contributed by atoms with Crippen LogP contribution in [0.3, 0.4) is 0 Å². The monoisotopic (exact) mass is 412 g/mol. The van der Waals surface area contributed by atoms with Gasteiger partial charge in [-0.25, -0.2) is 0 Å². The number of halogens is 1. The van der Waals surface area contributed by atoms with E-state index in [0.717, 1.165) is 10.8 Å². The zero-order chi connectivity index (χ0) is 20.8. The molecule has 6 nitrogen and oxygen atoms in total. The van der Waals surface area contributed by atoms with E-state index >= 15 is 0 Å². The van der Waals surface area contributed by atoms with Crippen molar-refractivity contribution < 1.29 is 19.1 Å². The molecule has 0 saturated carbocycles. The molecule has 0 aliphatic carbocycles. The molecule has 3 aromatic rings. The van der Waals surface area contributed by atoms with Gasteiger partial charge in [-0.05, 0) is 29.0 Å². The summed E-state index contributed by atoms with van der Waals surface area (Å²) < 4.78 is 10.4. The molecule has 0 fully saturated rings. The smallest absolute Gasteiger partial charge is 0.251 e. The van der Waals surface area contributed by atoms with Crippen LogP contribution in [-0.4, -0.2) is 32.6 Å². The highest BCUT2D eigenvalue weighted by molar-refractivity contribution is 6.32. The molecule has 0 unspecified atom stereocenters. The fraction of sp³-hybridized carbons (Fsp3) is 0.182. The van der Waals surface area contributed by atoms with Crippen LogP contribution in [-0.2, 0) is 4.79 Å². The molecule has 3 rings (SSSR count). The van der Waals surface area contributed by atoms with E-state index in [9.17, 15) is 9.59 Å². The van der Waals surface area contributed by atoms with Gasteiger partial charge in [0.2, 0.25) is 5.91 Å². The number of nitrogens with one attached hydrogen (secondary N) is 2. The molecule has 0 aliphatic rings. The Labute approximate surface area is 173 Å². The number of ether oxygens (including phenoxy) is 2. The first kappa shape index (κ1) is 20.5. The summed E-state index contributed by atoms with van der Waals surface area (Å²) in [5, 5.41) is 7.91. The second kappa shape index (κ2) is 9.30. The minimum Gasteiger partial charge on any atom is -0.495 e. The Bertz CT molecular complexity index is 1050. The van der Waals surface area contributed by atoms with Gasteiger partial charge >= 0.3 is 0 Å². The summed E-state index contributed by atoms with van der Waals surface area (Å²) in [6, 6.07) is 16.5. The molecule has 3 aromatic carbocycles. The van der Waals surface area contributed by atoms with Crippen molar-refractivity contribution in [1.29, 1.82) is 0 Å². The summed E-state index contributed by atoms with van der Waals surface area (Å²) in [5.41, 5.74) is 0.983. The van der Waals surface area contributed by atoms with Crippen LogP contribution in [0, 0.1) is 0 Å². The molecular formula is C22H21ClN2O4. The molecule has 0 atom stereocenters. The normalized spacial score (nSPS) is 10.4. The van der Waals surface area contributed by atoms with E-state index in [1.807, 2.05) is 36.4 Å². The van der Waals surface area contributed by atoms with Crippen LogP contribution in [0.25, 0.3) is 10.8 Å². The Morgan fingerprint density at radius 1 is 0.931 bits per heavy atom. The van der Waals surface area contributed by atoms with Crippen molar-refractivity contribution in [3.8, 4) is 11.5 Å². The Morgan fingerprint density at radius 3 is 2.38 bits per heavy atom. The summed E-state index contributed by atoms with van der Waals surface area (Å²) >= 11 is 6.11. The highest BCUT2D eigenvalue weighted by Gasteiger charge is 2.13. The summed E-state index contributed by atoms with van der Waals surface area (Å²) in [6.45, 7) is 0.198. The number of carbonyl (C=O) groups is 2. The highest BCUT2D eigenvalue weighted by atomic mass is 35.5. The molecule has 2 amide bonds. The van der Waals surface area contributed by atoms with Crippen molar-refractivity contribution >= 4 is 39.9 Å². The van der Waals surface area contributed by atoms with Crippen LogP contribution in [0.15, 0.2) is 54.6 Å². The molecule has 2 N–H and O–H groups in total. The second-order valence-corrected chi connectivity index (χ2v) is 6.71. The van der Waals surface area contributed by atoms with Crippen LogP contribution in [0.4, 0.5) is 5.69 Å². The Morgan fingerprint density at radius 2 is 1.66 bits per heavy atom. The lowest BCUT2D eigenvalue weighted by molar-refractivity contribution is -0.116. The standard InChI is InChI=1S/C22H21ClN2O4/c1-28-19-13-20(29-2)18(12-17(19)23)25-21(26)9-10-24-22(27)16-8-7-14-5-3-4-6-15(14)11-16/h3-8,11-13H,9-10H2,1-2H3,(H,24,27)(H,25,26). The third-order valence-electron chi connectivity index (χ3n) is 4.40. The third-order valence-corrected chi connectivity index (χ3v) is 4.69. The van der Waals surface area contributed by atoms with Gasteiger partial charge in [-0.2, -0.15) is 0 Å². The quantitative estimate of drug-likeness (QED) is 0.607. The fourth-order valence-corrected chi connectivity index (χ4v) is 3.13. The lowest BCUT2D eigenvalue weighted by Crippen LogP contribution is -2.27. The predicted octanol–water partition coefficient (Wildman–Crippen LogP) is 4.27. The maximum atomic E-state index is 12.3. The van der Waals surface area contributed by atoms with Gasteiger partial charge in [0.1, 0.15) is 11.5 Å². The average molecular weight is 413 g/mol. The predicted molar refractivity (Wildman–Crippen MR) is 114 cm³/mol. The number of hydrogen-bond acceptors (Lipinski definition) is 4. The summed E-state index contributed by atoms with van der Waals surface area (Å²) in [4.78, 5) is 24.6. The Hall–Kier alpha value is -3.25. The van der Waals surface area contributed by atoms with Gasteiger partial charge in [-0.15, -0.1) is 0 Å². The van der Waals surface area contributed by atoms with Crippen LogP contribution in [0.5, 0.6) is 11.5 Å². The van der Waals surface area contributed by atoms with Gasteiger partial charge in [0, 0.05) is 24.6 Å².